The summed E-state index contributed by atoms with van der Waals surface area (Å²) in [5.74, 6) is 0. The summed E-state index contributed by atoms with van der Waals surface area (Å²) in [5.41, 5.74) is 2.57. The molecule has 128 valence electrons. The third kappa shape index (κ3) is 6.96. The Labute approximate surface area is 155 Å². The Morgan fingerprint density at radius 1 is 0.750 bits per heavy atom. The highest BCUT2D eigenvalue weighted by Gasteiger charge is 2.19. The smallest absolute Gasteiger partial charge is 0.291 e. The summed E-state index contributed by atoms with van der Waals surface area (Å²) in [6, 6.07) is 17.2. The van der Waals surface area contributed by atoms with E-state index in [1.165, 1.54) is 20.9 Å². The van der Waals surface area contributed by atoms with Gasteiger partial charge in [0.2, 0.25) is 0 Å². The molecule has 0 aliphatic rings. The molecule has 1 nitrogen and oxygen atoms in total. The predicted molar refractivity (Wildman–Crippen MR) is 111 cm³/mol. The van der Waals surface area contributed by atoms with Crippen molar-refractivity contribution in [2.24, 2.45) is 0 Å². The predicted octanol–water partition coefficient (Wildman–Crippen LogP) is 5.95. The molecule has 4 heteroatoms. The van der Waals surface area contributed by atoms with E-state index in [0.717, 1.165) is 12.6 Å². The fraction of sp³-hybridized carbons (Fsp3) is 0.400. The van der Waals surface area contributed by atoms with Crippen LogP contribution in [-0.4, -0.2) is 22.4 Å². The normalized spacial score (nSPS) is 13.5. The zero-order valence-electron chi connectivity index (χ0n) is 15.0. The van der Waals surface area contributed by atoms with E-state index in [2.05, 4.69) is 76.2 Å². The lowest BCUT2D eigenvalue weighted by Crippen LogP contribution is -2.20. The lowest BCUT2D eigenvalue weighted by molar-refractivity contribution is 0.563. The van der Waals surface area contributed by atoms with Crippen LogP contribution in [0.3, 0.4) is 0 Å². The van der Waals surface area contributed by atoms with E-state index in [1.807, 2.05) is 23.5 Å². The number of rotatable bonds is 8. The van der Waals surface area contributed by atoms with Crippen molar-refractivity contribution < 1.29 is 5.02 Å². The fourth-order valence-corrected chi connectivity index (χ4v) is 4.81. The van der Waals surface area contributed by atoms with Crippen LogP contribution in [0, 0.1) is 13.8 Å². The molecule has 2 aromatic carbocycles. The molecular weight excluding hydrogens is 331 g/mol. The first-order valence-corrected chi connectivity index (χ1v) is 10.3. The Morgan fingerprint density at radius 3 is 1.42 bits per heavy atom. The number of hydrogen-bond donors (Lipinski definition) is 1. The SMILES string of the molecule is Cc1ccc(SC(C)CB(O)CC(C)Sc2ccc(C)cc2)cc1. The molecule has 2 atom stereocenters. The summed E-state index contributed by atoms with van der Waals surface area (Å²) in [6.45, 7) is 8.37. The average molecular weight is 358 g/mol. The van der Waals surface area contributed by atoms with Crippen molar-refractivity contribution in [3.05, 3.63) is 59.7 Å². The Kier molecular flexibility index (Phi) is 7.79. The fourth-order valence-electron chi connectivity index (χ4n) is 2.66. The highest BCUT2D eigenvalue weighted by Crippen LogP contribution is 2.30. The Balaban J connectivity index is 1.75. The molecule has 2 rings (SSSR count). The lowest BCUT2D eigenvalue weighted by atomic mass is 9.60. The van der Waals surface area contributed by atoms with Gasteiger partial charge in [0, 0.05) is 20.3 Å². The summed E-state index contributed by atoms with van der Waals surface area (Å²) in [6.07, 6.45) is 1.66. The van der Waals surface area contributed by atoms with Crippen LogP contribution in [0.25, 0.3) is 0 Å². The zero-order valence-corrected chi connectivity index (χ0v) is 16.7. The van der Waals surface area contributed by atoms with Crippen molar-refractivity contribution in [1.29, 1.82) is 0 Å². The minimum absolute atomic E-state index is 0.245. The highest BCUT2D eigenvalue weighted by molar-refractivity contribution is 8.00. The summed E-state index contributed by atoms with van der Waals surface area (Å²) in [4.78, 5) is 2.56. The Morgan fingerprint density at radius 2 is 1.08 bits per heavy atom. The standard InChI is InChI=1S/C20H27BOS2/c1-15-5-9-19(10-6-15)23-17(3)13-21(22)14-18(4)24-20-11-7-16(2)8-12-20/h5-12,17-18,22H,13-14H2,1-4H3. The van der Waals surface area contributed by atoms with Gasteiger partial charge in [0.1, 0.15) is 0 Å². The molecule has 0 heterocycles. The minimum atomic E-state index is -0.245. The van der Waals surface area contributed by atoms with Crippen LogP contribution < -0.4 is 0 Å². The van der Waals surface area contributed by atoms with Crippen molar-refractivity contribution in [1.82, 2.24) is 0 Å². The van der Waals surface area contributed by atoms with Gasteiger partial charge in [-0.1, -0.05) is 49.2 Å². The maximum atomic E-state index is 10.4. The van der Waals surface area contributed by atoms with Crippen molar-refractivity contribution in [2.45, 2.75) is 60.6 Å². The third-order valence-corrected chi connectivity index (χ3v) is 6.20. The van der Waals surface area contributed by atoms with Gasteiger partial charge in [-0.15, -0.1) is 23.5 Å². The quantitative estimate of drug-likeness (QED) is 0.465. The van der Waals surface area contributed by atoms with Crippen LogP contribution >= 0.6 is 23.5 Å². The second kappa shape index (κ2) is 9.60. The molecule has 0 spiro atoms. The maximum Gasteiger partial charge on any atom is 0.291 e. The van der Waals surface area contributed by atoms with Crippen LogP contribution in [0.15, 0.2) is 58.3 Å². The second-order valence-electron chi connectivity index (χ2n) is 6.61. The van der Waals surface area contributed by atoms with E-state index in [1.54, 1.807) is 0 Å². The average Bonchev–Trinajstić information content (AvgIpc) is 2.51. The van der Waals surface area contributed by atoms with E-state index in [4.69, 9.17) is 0 Å². The highest BCUT2D eigenvalue weighted by atomic mass is 32.2. The van der Waals surface area contributed by atoms with Gasteiger partial charge in [-0.25, -0.2) is 0 Å². The van der Waals surface area contributed by atoms with E-state index >= 15 is 0 Å². The van der Waals surface area contributed by atoms with Crippen LogP contribution in [-0.2, 0) is 0 Å². The van der Waals surface area contributed by atoms with E-state index in [9.17, 15) is 5.02 Å². The minimum Gasteiger partial charge on any atom is -0.450 e. The van der Waals surface area contributed by atoms with Crippen LogP contribution in [0.5, 0.6) is 0 Å². The maximum absolute atomic E-state index is 10.4. The lowest BCUT2D eigenvalue weighted by Gasteiger charge is -2.17. The topological polar surface area (TPSA) is 20.2 Å². The monoisotopic (exact) mass is 358 g/mol. The Bertz CT molecular complexity index is 557. The van der Waals surface area contributed by atoms with Gasteiger partial charge in [-0.05, 0) is 50.8 Å². The van der Waals surface area contributed by atoms with Gasteiger partial charge in [0.05, 0.1) is 0 Å². The van der Waals surface area contributed by atoms with Gasteiger partial charge >= 0.3 is 0 Å². The van der Waals surface area contributed by atoms with Crippen molar-refractivity contribution >= 4 is 30.4 Å². The number of hydrogen-bond acceptors (Lipinski definition) is 3. The molecule has 0 aromatic heterocycles. The van der Waals surface area contributed by atoms with Gasteiger partial charge in [0.25, 0.3) is 6.92 Å². The molecule has 0 bridgehead atoms. The van der Waals surface area contributed by atoms with Gasteiger partial charge in [-0.2, -0.15) is 0 Å². The first-order chi connectivity index (χ1) is 11.4. The zero-order chi connectivity index (χ0) is 17.5. The number of thioether (sulfide) groups is 2. The molecule has 0 aliphatic heterocycles. The molecule has 0 fully saturated rings. The van der Waals surface area contributed by atoms with Crippen LogP contribution in [0.4, 0.5) is 0 Å². The van der Waals surface area contributed by atoms with E-state index < -0.39 is 0 Å². The first kappa shape index (κ1) is 19.5. The van der Waals surface area contributed by atoms with Crippen molar-refractivity contribution in [3.8, 4) is 0 Å². The molecule has 0 radical (unpaired) electrons. The molecule has 1 N–H and O–H groups in total. The van der Waals surface area contributed by atoms with Crippen LogP contribution in [0.2, 0.25) is 12.6 Å². The summed E-state index contributed by atoms with van der Waals surface area (Å²) < 4.78 is 0. The van der Waals surface area contributed by atoms with E-state index in [0.29, 0.717) is 10.5 Å². The second-order valence-corrected chi connectivity index (χ2v) is 9.63. The molecular formula is C20H27BOS2. The molecule has 0 saturated heterocycles. The first-order valence-electron chi connectivity index (χ1n) is 8.57. The molecule has 2 aromatic rings. The number of aryl methyl sites for hydroxylation is 2. The molecule has 0 amide bonds. The summed E-state index contributed by atoms with van der Waals surface area (Å²) in [5, 5.41) is 11.2. The summed E-state index contributed by atoms with van der Waals surface area (Å²) >= 11 is 3.69. The van der Waals surface area contributed by atoms with Gasteiger partial charge in [-0.3, -0.25) is 0 Å². The van der Waals surface area contributed by atoms with Crippen LogP contribution in [0.1, 0.15) is 25.0 Å². The number of benzene rings is 2. The molecule has 2 unspecified atom stereocenters. The molecule has 0 aliphatic carbocycles. The largest absolute Gasteiger partial charge is 0.450 e. The summed E-state index contributed by atoms with van der Waals surface area (Å²) in [7, 11) is 0. The Hall–Kier alpha value is -0.835. The van der Waals surface area contributed by atoms with Crippen molar-refractivity contribution in [2.75, 3.05) is 0 Å². The third-order valence-electron chi connectivity index (χ3n) is 3.92. The van der Waals surface area contributed by atoms with E-state index in [-0.39, 0.29) is 6.92 Å². The van der Waals surface area contributed by atoms with Gasteiger partial charge < -0.3 is 5.02 Å². The molecule has 24 heavy (non-hydrogen) atoms. The van der Waals surface area contributed by atoms with Crippen molar-refractivity contribution in [3.63, 3.8) is 0 Å². The van der Waals surface area contributed by atoms with Gasteiger partial charge in [0.15, 0.2) is 0 Å². The molecule has 0 saturated carbocycles.